The number of hydrogen-bond acceptors (Lipinski definition) is 8. The van der Waals surface area contributed by atoms with E-state index in [9.17, 15) is 24.0 Å². The Morgan fingerprint density at radius 1 is 0.674 bits per heavy atom. The fraction of sp³-hybridized carbons (Fsp3) is 0.424. The molecule has 10 nitrogen and oxygen atoms in total. The number of allylic oxidation sites excluding steroid dienone is 1. The van der Waals surface area contributed by atoms with Crippen molar-refractivity contribution in [3.05, 3.63) is 59.7 Å². The van der Waals surface area contributed by atoms with Gasteiger partial charge in [0, 0.05) is 16.9 Å². The van der Waals surface area contributed by atoms with Gasteiger partial charge in [-0.15, -0.1) is 0 Å². The Hall–Kier alpha value is -4.47. The van der Waals surface area contributed by atoms with E-state index in [-0.39, 0.29) is 12.2 Å². The molecule has 5 aliphatic rings. The van der Waals surface area contributed by atoms with Gasteiger partial charge in [-0.05, 0) is 76.2 Å². The molecule has 2 aromatic rings. The molecule has 0 radical (unpaired) electrons. The van der Waals surface area contributed by atoms with Gasteiger partial charge in [-0.25, -0.2) is 4.79 Å². The monoisotopic (exact) mass is 586 g/mol. The average Bonchev–Trinajstić information content (AvgIpc) is 3.40. The van der Waals surface area contributed by atoms with Gasteiger partial charge in [0.25, 0.3) is 0 Å². The number of esters is 1. The van der Waals surface area contributed by atoms with Crippen molar-refractivity contribution in [2.75, 3.05) is 29.6 Å². The molecule has 2 aromatic carbocycles. The first-order valence-electron chi connectivity index (χ1n) is 14.7. The molecule has 10 heteroatoms. The number of hydrogen-bond donors (Lipinski definition) is 0. The fourth-order valence-electron chi connectivity index (χ4n) is 8.03. The first kappa shape index (κ1) is 28.6. The Bertz CT molecular complexity index is 1470. The summed E-state index contributed by atoms with van der Waals surface area (Å²) in [6.45, 7) is 9.80. The predicted molar refractivity (Wildman–Crippen MR) is 155 cm³/mol. The summed E-state index contributed by atoms with van der Waals surface area (Å²) >= 11 is 0. The van der Waals surface area contributed by atoms with Crippen LogP contribution in [0.1, 0.15) is 34.6 Å². The van der Waals surface area contributed by atoms with Crippen LogP contribution in [-0.2, 0) is 28.7 Å². The van der Waals surface area contributed by atoms with Crippen LogP contribution in [0.25, 0.3) is 0 Å². The Morgan fingerprint density at radius 3 is 1.47 bits per heavy atom. The second-order valence-corrected chi connectivity index (χ2v) is 11.5. The molecule has 3 fully saturated rings. The van der Waals surface area contributed by atoms with Gasteiger partial charge in [0.05, 0.1) is 54.9 Å². The average molecular weight is 587 g/mol. The van der Waals surface area contributed by atoms with E-state index in [2.05, 4.69) is 0 Å². The molecule has 224 valence electrons. The number of anilines is 2. The molecule has 2 saturated heterocycles. The smallest absolute Gasteiger partial charge is 0.334 e. The molecule has 7 rings (SSSR count). The minimum Gasteiger partial charge on any atom is -0.494 e. The van der Waals surface area contributed by atoms with E-state index in [1.54, 1.807) is 69.3 Å². The number of rotatable bonds is 8. The topological polar surface area (TPSA) is 120 Å². The lowest BCUT2D eigenvalue weighted by atomic mass is 9.43. The lowest BCUT2D eigenvalue weighted by Gasteiger charge is -2.55. The highest BCUT2D eigenvalue weighted by Gasteiger charge is 2.77. The summed E-state index contributed by atoms with van der Waals surface area (Å²) in [5, 5.41) is 0. The summed E-state index contributed by atoms with van der Waals surface area (Å²) in [5.74, 6) is -6.07. The molecule has 4 amide bonds. The minimum atomic E-state index is -1.46. The van der Waals surface area contributed by atoms with E-state index < -0.39 is 64.6 Å². The normalized spacial score (nSPS) is 29.3. The predicted octanol–water partition coefficient (Wildman–Crippen LogP) is 3.92. The van der Waals surface area contributed by atoms with Gasteiger partial charge in [0.1, 0.15) is 11.5 Å². The highest BCUT2D eigenvalue weighted by atomic mass is 16.5. The maximum Gasteiger partial charge on any atom is 0.334 e. The summed E-state index contributed by atoms with van der Waals surface area (Å²) in [7, 11) is 0. The number of carbonyl (C=O) groups is 5. The van der Waals surface area contributed by atoms with Crippen molar-refractivity contribution in [1.82, 2.24) is 0 Å². The van der Waals surface area contributed by atoms with Crippen molar-refractivity contribution in [2.24, 2.45) is 35.0 Å². The molecule has 2 unspecified atom stereocenters. The zero-order valence-electron chi connectivity index (χ0n) is 24.8. The fourth-order valence-corrected chi connectivity index (χ4v) is 8.03. The molecule has 0 spiro atoms. The van der Waals surface area contributed by atoms with Crippen LogP contribution in [0.15, 0.2) is 59.7 Å². The first-order valence-corrected chi connectivity index (χ1v) is 14.7. The number of ether oxygens (including phenoxy) is 3. The Balaban J connectivity index is 1.47. The molecular weight excluding hydrogens is 552 g/mol. The Labute approximate surface area is 249 Å². The molecule has 2 heterocycles. The number of nitrogens with zero attached hydrogens (tertiary/aromatic N) is 2. The number of benzene rings is 2. The number of carbonyl (C=O) groups excluding carboxylic acids is 5. The van der Waals surface area contributed by atoms with E-state index in [0.717, 1.165) is 9.80 Å². The maximum atomic E-state index is 14.3. The Morgan fingerprint density at radius 2 is 1.09 bits per heavy atom. The van der Waals surface area contributed by atoms with Gasteiger partial charge in [0.2, 0.25) is 23.6 Å². The van der Waals surface area contributed by atoms with Crippen LogP contribution in [0.3, 0.4) is 0 Å². The van der Waals surface area contributed by atoms with Crippen LogP contribution in [0.5, 0.6) is 11.5 Å². The molecule has 3 aliphatic carbocycles. The van der Waals surface area contributed by atoms with Crippen LogP contribution in [-0.4, -0.2) is 49.4 Å². The molecule has 0 N–H and O–H groups in total. The van der Waals surface area contributed by atoms with E-state index >= 15 is 0 Å². The van der Waals surface area contributed by atoms with Gasteiger partial charge in [-0.1, -0.05) is 12.5 Å². The standard InChI is InChI=1S/C33H34N2O8/c1-6-41-20-13-9-18(10-14-20)34-28(36)23-22-17(4)25(32(40)43-8-3)33(5,26(23)30(34)38)27-24(22)29(37)35(31(27)39)19-11-15-21(16-12-19)42-7-2/h9-16,22-24,26-27H,6-8H2,1-5H3/t22?,23-,24-,26-,27+,33?/m1/s1. The van der Waals surface area contributed by atoms with Crippen molar-refractivity contribution in [3.63, 3.8) is 0 Å². The molecule has 2 bridgehead atoms. The minimum absolute atomic E-state index is 0.0922. The van der Waals surface area contributed by atoms with Crippen molar-refractivity contribution in [2.45, 2.75) is 34.6 Å². The lowest BCUT2D eigenvalue weighted by Crippen LogP contribution is -2.61. The van der Waals surface area contributed by atoms with E-state index in [1.165, 1.54) is 0 Å². The summed E-state index contributed by atoms with van der Waals surface area (Å²) in [5.41, 5.74) is 0.00837. The molecule has 43 heavy (non-hydrogen) atoms. The Kier molecular flexibility index (Phi) is 6.90. The second-order valence-electron chi connectivity index (χ2n) is 11.5. The summed E-state index contributed by atoms with van der Waals surface area (Å²) in [6, 6.07) is 13.3. The van der Waals surface area contributed by atoms with Gasteiger partial charge >= 0.3 is 5.97 Å². The zero-order valence-corrected chi connectivity index (χ0v) is 24.8. The van der Waals surface area contributed by atoms with Gasteiger partial charge in [0.15, 0.2) is 0 Å². The highest BCUT2D eigenvalue weighted by Crippen LogP contribution is 2.68. The summed E-state index contributed by atoms with van der Waals surface area (Å²) < 4.78 is 16.5. The lowest BCUT2D eigenvalue weighted by molar-refractivity contribution is -0.155. The van der Waals surface area contributed by atoms with Crippen LogP contribution >= 0.6 is 0 Å². The molecular formula is C33H34N2O8. The summed E-state index contributed by atoms with van der Waals surface area (Å²) in [6.07, 6.45) is 0. The van der Waals surface area contributed by atoms with E-state index in [4.69, 9.17) is 14.2 Å². The van der Waals surface area contributed by atoms with Crippen molar-refractivity contribution >= 4 is 41.0 Å². The van der Waals surface area contributed by atoms with Crippen LogP contribution in [0.4, 0.5) is 11.4 Å². The first-order chi connectivity index (χ1) is 20.6. The SMILES string of the molecule is CCOC(=O)C1=C(C)C2[C@H]3C(=O)N(c4ccc(OCC)cc4)C(=O)[C@H]3C1(C)[C@H]1C(=O)N(c3ccc(OCC)cc3)C(=O)[C@H]21. The maximum absolute atomic E-state index is 14.3. The zero-order chi connectivity index (χ0) is 30.8. The third kappa shape index (κ3) is 3.88. The third-order valence-corrected chi connectivity index (χ3v) is 9.49. The second kappa shape index (κ2) is 10.4. The third-order valence-electron chi connectivity index (χ3n) is 9.49. The van der Waals surface area contributed by atoms with Gasteiger partial charge < -0.3 is 14.2 Å². The van der Waals surface area contributed by atoms with Gasteiger partial charge in [-0.3, -0.25) is 29.0 Å². The van der Waals surface area contributed by atoms with Crippen LogP contribution in [0, 0.1) is 35.0 Å². The van der Waals surface area contributed by atoms with Crippen molar-refractivity contribution in [3.8, 4) is 11.5 Å². The molecule has 1 saturated carbocycles. The highest BCUT2D eigenvalue weighted by molar-refractivity contribution is 6.27. The number of amides is 4. The summed E-state index contributed by atoms with van der Waals surface area (Å²) in [4.78, 5) is 72.7. The molecule has 2 aliphatic heterocycles. The largest absolute Gasteiger partial charge is 0.494 e. The van der Waals surface area contributed by atoms with Crippen molar-refractivity contribution in [1.29, 1.82) is 0 Å². The van der Waals surface area contributed by atoms with Crippen LogP contribution in [0.2, 0.25) is 0 Å². The quantitative estimate of drug-likeness (QED) is 0.337. The van der Waals surface area contributed by atoms with Crippen molar-refractivity contribution < 1.29 is 38.2 Å². The van der Waals surface area contributed by atoms with E-state index in [0.29, 0.717) is 41.7 Å². The van der Waals surface area contributed by atoms with Gasteiger partial charge in [-0.2, -0.15) is 0 Å². The molecule has 6 atom stereocenters. The van der Waals surface area contributed by atoms with Crippen LogP contribution < -0.4 is 19.3 Å². The molecule has 0 aromatic heterocycles. The number of imide groups is 2. The van der Waals surface area contributed by atoms with E-state index in [1.807, 2.05) is 13.8 Å².